The smallest absolute Gasteiger partial charge is 0.239 e. The highest BCUT2D eigenvalue weighted by Gasteiger charge is 2.33. The summed E-state index contributed by atoms with van der Waals surface area (Å²) in [5.74, 6) is -1.64. The number of sulfonamides is 1. The molecule has 1 fully saturated rings. The first-order valence-corrected chi connectivity index (χ1v) is 14.1. The van der Waals surface area contributed by atoms with Crippen LogP contribution in [-0.4, -0.2) is 80.2 Å². The van der Waals surface area contributed by atoms with Gasteiger partial charge in [-0.3, -0.25) is 19.3 Å². The lowest BCUT2D eigenvalue weighted by Gasteiger charge is -2.39. The van der Waals surface area contributed by atoms with E-state index in [1.165, 1.54) is 20.6 Å². The van der Waals surface area contributed by atoms with E-state index >= 15 is 0 Å². The maximum atomic E-state index is 12.5. The van der Waals surface area contributed by atoms with E-state index in [4.69, 9.17) is 5.26 Å². The number of nitriles is 1. The fraction of sp³-hybridized carbons (Fsp3) is 0.462. The number of Topliss-reactive ketones (excluding diaryl/α,β-unsaturated/α-hetero) is 1. The molecule has 10 nitrogen and oxygen atoms in total. The topological polar surface area (TPSA) is 140 Å². The molecule has 1 saturated heterocycles. The van der Waals surface area contributed by atoms with Gasteiger partial charge in [0.1, 0.15) is 0 Å². The minimum absolute atomic E-state index is 0.153. The summed E-state index contributed by atoms with van der Waals surface area (Å²) in [7, 11) is -3.67. The summed E-state index contributed by atoms with van der Waals surface area (Å²) in [6.07, 6.45) is 1.93. The molecule has 0 spiro atoms. The van der Waals surface area contributed by atoms with Gasteiger partial charge in [-0.25, -0.2) is 8.42 Å². The van der Waals surface area contributed by atoms with E-state index in [0.717, 1.165) is 6.26 Å². The van der Waals surface area contributed by atoms with Crippen molar-refractivity contribution < 1.29 is 22.8 Å². The predicted octanol–water partition coefficient (Wildman–Crippen LogP) is 1.34. The Balaban J connectivity index is 1.55. The maximum absolute atomic E-state index is 12.5. The van der Waals surface area contributed by atoms with Gasteiger partial charge in [0.05, 0.1) is 38.4 Å². The molecule has 11 heteroatoms. The summed E-state index contributed by atoms with van der Waals surface area (Å²) in [6.45, 7) is 2.44. The summed E-state index contributed by atoms with van der Waals surface area (Å²) in [4.78, 5) is 37.9. The Kier molecular flexibility index (Phi) is 9.74. The van der Waals surface area contributed by atoms with E-state index in [1.54, 1.807) is 6.07 Å². The van der Waals surface area contributed by atoms with Crippen LogP contribution in [0.5, 0.6) is 0 Å². The standard InChI is InChI=1S/C26H33N5O5S/c1-19(23-9-5-7-20-6-3-4-8-24(20)23)30-14-11-21(12-15-30)31(37(2,35)36)18-26(34)29-17-25(33)28-16-22(32)10-13-27/h3-9,19,21H,10-12,14-18H2,1-2H3,(H,28,33)(H,29,34). The van der Waals surface area contributed by atoms with Crippen molar-refractivity contribution in [1.29, 1.82) is 5.26 Å². The van der Waals surface area contributed by atoms with E-state index < -0.39 is 34.2 Å². The molecular formula is C26H33N5O5S. The lowest BCUT2D eigenvalue weighted by molar-refractivity contribution is -0.127. The Labute approximate surface area is 217 Å². The van der Waals surface area contributed by atoms with Gasteiger partial charge in [-0.15, -0.1) is 0 Å². The molecule has 198 valence electrons. The zero-order valence-electron chi connectivity index (χ0n) is 21.1. The lowest BCUT2D eigenvalue weighted by Crippen LogP contribution is -2.51. The van der Waals surface area contributed by atoms with Crippen molar-refractivity contribution in [1.82, 2.24) is 19.8 Å². The van der Waals surface area contributed by atoms with Crippen molar-refractivity contribution in [3.63, 3.8) is 0 Å². The first kappa shape index (κ1) is 28.2. The van der Waals surface area contributed by atoms with Crippen LogP contribution in [-0.2, 0) is 24.4 Å². The van der Waals surface area contributed by atoms with Gasteiger partial charge in [-0.2, -0.15) is 9.57 Å². The first-order chi connectivity index (χ1) is 17.6. The number of ketones is 1. The SMILES string of the molecule is CC(c1cccc2ccccc12)N1CCC(N(CC(=O)NCC(=O)NCC(=O)CC#N)S(C)(=O)=O)CC1. The van der Waals surface area contributed by atoms with Crippen LogP contribution in [0.4, 0.5) is 0 Å². The molecular weight excluding hydrogens is 494 g/mol. The number of fused-ring (bicyclic) bond motifs is 1. The minimum Gasteiger partial charge on any atom is -0.347 e. The number of rotatable bonds is 11. The van der Waals surface area contributed by atoms with Gasteiger partial charge in [-0.1, -0.05) is 42.5 Å². The van der Waals surface area contributed by atoms with E-state index in [0.29, 0.717) is 25.9 Å². The van der Waals surface area contributed by atoms with Crippen molar-refractivity contribution in [2.75, 3.05) is 39.0 Å². The van der Waals surface area contributed by atoms with Crippen molar-refractivity contribution in [3.8, 4) is 6.07 Å². The van der Waals surface area contributed by atoms with Crippen molar-refractivity contribution >= 4 is 38.4 Å². The number of carbonyl (C=O) groups is 3. The van der Waals surface area contributed by atoms with Gasteiger partial charge < -0.3 is 10.6 Å². The summed E-state index contributed by atoms with van der Waals surface area (Å²) in [6, 6.07) is 16.0. The molecule has 2 amide bonds. The number of piperidine rings is 1. The van der Waals surface area contributed by atoms with Crippen molar-refractivity contribution in [2.45, 2.75) is 38.3 Å². The van der Waals surface area contributed by atoms with Crippen LogP contribution in [0, 0.1) is 11.3 Å². The summed E-state index contributed by atoms with van der Waals surface area (Å²) >= 11 is 0. The second kappa shape index (κ2) is 12.8. The molecule has 3 rings (SSSR count). The van der Waals surface area contributed by atoms with E-state index in [-0.39, 0.29) is 31.6 Å². The fourth-order valence-corrected chi connectivity index (χ4v) is 5.78. The van der Waals surface area contributed by atoms with Crippen LogP contribution < -0.4 is 10.6 Å². The Morgan fingerprint density at radius 2 is 1.70 bits per heavy atom. The molecule has 1 heterocycles. The third-order valence-corrected chi connectivity index (χ3v) is 7.94. The molecule has 0 aromatic heterocycles. The zero-order chi connectivity index (χ0) is 27.0. The average molecular weight is 528 g/mol. The van der Waals surface area contributed by atoms with Crippen LogP contribution in [0.15, 0.2) is 42.5 Å². The largest absolute Gasteiger partial charge is 0.347 e. The van der Waals surface area contributed by atoms with Gasteiger partial charge in [0.15, 0.2) is 5.78 Å². The number of benzene rings is 2. The maximum Gasteiger partial charge on any atom is 0.239 e. The van der Waals surface area contributed by atoms with Gasteiger partial charge in [0.25, 0.3) is 0 Å². The van der Waals surface area contributed by atoms with Crippen LogP contribution >= 0.6 is 0 Å². The Bertz CT molecular complexity index is 1280. The van der Waals surface area contributed by atoms with E-state index in [1.807, 2.05) is 12.1 Å². The van der Waals surface area contributed by atoms with Crippen molar-refractivity contribution in [3.05, 3.63) is 48.0 Å². The molecule has 2 aromatic rings. The first-order valence-electron chi connectivity index (χ1n) is 12.2. The third kappa shape index (κ3) is 7.82. The fourth-order valence-electron chi connectivity index (χ4n) is 4.68. The van der Waals surface area contributed by atoms with E-state index in [9.17, 15) is 22.8 Å². The number of carbonyl (C=O) groups excluding carboxylic acids is 3. The Hall–Kier alpha value is -3.33. The summed E-state index contributed by atoms with van der Waals surface area (Å²) in [5, 5.41) is 15.6. The van der Waals surface area contributed by atoms with Gasteiger partial charge in [0.2, 0.25) is 21.8 Å². The summed E-state index contributed by atoms with van der Waals surface area (Å²) < 4.78 is 26.2. The van der Waals surface area contributed by atoms with Crippen LogP contribution in [0.25, 0.3) is 10.8 Å². The molecule has 0 aliphatic carbocycles. The number of likely N-dealkylation sites (tertiary alicyclic amines) is 1. The highest BCUT2D eigenvalue weighted by atomic mass is 32.2. The highest BCUT2D eigenvalue weighted by molar-refractivity contribution is 7.88. The number of nitrogens with zero attached hydrogens (tertiary/aromatic N) is 3. The molecule has 0 saturated carbocycles. The molecule has 1 unspecified atom stereocenters. The van der Waals surface area contributed by atoms with E-state index in [2.05, 4.69) is 52.8 Å². The minimum atomic E-state index is -3.67. The average Bonchev–Trinajstić information content (AvgIpc) is 2.88. The zero-order valence-corrected chi connectivity index (χ0v) is 22.0. The number of nitrogens with one attached hydrogen (secondary N) is 2. The second-order valence-corrected chi connectivity index (χ2v) is 11.2. The Morgan fingerprint density at radius 1 is 1.05 bits per heavy atom. The van der Waals surface area contributed by atoms with Gasteiger partial charge in [0, 0.05) is 25.2 Å². The molecule has 2 aromatic carbocycles. The number of amides is 2. The third-order valence-electron chi connectivity index (χ3n) is 6.66. The van der Waals surface area contributed by atoms with Crippen LogP contribution in [0.1, 0.15) is 37.8 Å². The number of hydrogen-bond acceptors (Lipinski definition) is 7. The highest BCUT2D eigenvalue weighted by Crippen LogP contribution is 2.31. The molecule has 1 aliphatic rings. The predicted molar refractivity (Wildman–Crippen MR) is 140 cm³/mol. The monoisotopic (exact) mass is 527 g/mol. The Morgan fingerprint density at radius 3 is 2.38 bits per heavy atom. The summed E-state index contributed by atoms with van der Waals surface area (Å²) in [5.41, 5.74) is 1.23. The molecule has 0 radical (unpaired) electrons. The second-order valence-electron chi connectivity index (χ2n) is 9.25. The van der Waals surface area contributed by atoms with Gasteiger partial charge in [-0.05, 0) is 36.1 Å². The molecule has 0 bridgehead atoms. The molecule has 37 heavy (non-hydrogen) atoms. The molecule has 1 atom stereocenters. The van der Waals surface area contributed by atoms with Crippen LogP contribution in [0.3, 0.4) is 0 Å². The van der Waals surface area contributed by atoms with Gasteiger partial charge >= 0.3 is 0 Å². The van der Waals surface area contributed by atoms with Crippen LogP contribution in [0.2, 0.25) is 0 Å². The molecule has 2 N–H and O–H groups in total. The molecule has 1 aliphatic heterocycles. The normalized spacial score (nSPS) is 15.7. The number of hydrogen-bond donors (Lipinski definition) is 2. The lowest BCUT2D eigenvalue weighted by atomic mass is 9.96. The quantitative estimate of drug-likeness (QED) is 0.449. The van der Waals surface area contributed by atoms with Crippen molar-refractivity contribution in [2.24, 2.45) is 0 Å².